The average Bonchev–Trinajstić information content (AvgIpc) is 2.46. The van der Waals surface area contributed by atoms with Gasteiger partial charge < -0.3 is 10.3 Å². The lowest BCUT2D eigenvalue weighted by Gasteiger charge is -2.39. The number of anilines is 2. The van der Waals surface area contributed by atoms with E-state index in [2.05, 4.69) is 29.2 Å². The lowest BCUT2D eigenvalue weighted by atomic mass is 10.2. The Morgan fingerprint density at radius 1 is 1.55 bits per heavy atom. The maximum Gasteiger partial charge on any atom is 0.311 e. The molecule has 0 saturated carbocycles. The zero-order valence-corrected chi connectivity index (χ0v) is 11.7. The monoisotopic (exact) mass is 280 g/mol. The van der Waals surface area contributed by atoms with Crippen molar-refractivity contribution in [2.45, 2.75) is 19.9 Å². The molecule has 1 saturated heterocycles. The molecule has 0 amide bonds. The number of nitro groups is 1. The summed E-state index contributed by atoms with van der Waals surface area (Å²) in [5.41, 5.74) is 2.45. The molecule has 3 N–H and O–H groups in total. The molecule has 1 atom stereocenters. The van der Waals surface area contributed by atoms with Crippen molar-refractivity contribution in [3.8, 4) is 0 Å². The highest BCUT2D eigenvalue weighted by Crippen LogP contribution is 2.29. The van der Waals surface area contributed by atoms with Crippen molar-refractivity contribution in [1.82, 2.24) is 9.88 Å². The van der Waals surface area contributed by atoms with Crippen LogP contribution in [0.3, 0.4) is 0 Å². The molecule has 0 aromatic carbocycles. The molecule has 0 bridgehead atoms. The Bertz CT molecular complexity index is 495. The third-order valence-electron chi connectivity index (χ3n) is 3.67. The fourth-order valence-corrected chi connectivity index (χ4v) is 2.55. The molecule has 20 heavy (non-hydrogen) atoms. The van der Waals surface area contributed by atoms with E-state index in [0.717, 1.165) is 26.2 Å². The van der Waals surface area contributed by atoms with Gasteiger partial charge in [-0.3, -0.25) is 15.0 Å². The Morgan fingerprint density at radius 3 is 2.85 bits per heavy atom. The van der Waals surface area contributed by atoms with Crippen LogP contribution in [0.15, 0.2) is 12.1 Å². The van der Waals surface area contributed by atoms with Gasteiger partial charge in [0.15, 0.2) is 0 Å². The van der Waals surface area contributed by atoms with Crippen LogP contribution >= 0.6 is 0 Å². The first-order valence-electron chi connectivity index (χ1n) is 6.67. The number of hydrogen-bond acceptors (Lipinski definition) is 7. The summed E-state index contributed by atoms with van der Waals surface area (Å²) >= 11 is 0. The third-order valence-corrected chi connectivity index (χ3v) is 3.67. The maximum atomic E-state index is 11.1. The smallest absolute Gasteiger partial charge is 0.311 e. The minimum absolute atomic E-state index is 0.0150. The van der Waals surface area contributed by atoms with Crippen LogP contribution in [0.1, 0.15) is 13.8 Å². The summed E-state index contributed by atoms with van der Waals surface area (Å²) in [7, 11) is 0. The average molecular weight is 280 g/mol. The molecule has 0 spiro atoms. The Balaban J connectivity index is 2.29. The quantitative estimate of drug-likeness (QED) is 0.478. The molecule has 1 fully saturated rings. The van der Waals surface area contributed by atoms with Crippen LogP contribution in [-0.4, -0.2) is 47.0 Å². The number of piperazine rings is 1. The first kappa shape index (κ1) is 14.5. The number of nitrogens with two attached hydrogens (primary N) is 1. The number of pyridine rings is 1. The molecule has 1 aromatic rings. The van der Waals surface area contributed by atoms with Crippen molar-refractivity contribution >= 4 is 17.3 Å². The number of likely N-dealkylation sites (N-methyl/N-ethyl adjacent to an activating group) is 1. The molecule has 8 heteroatoms. The maximum absolute atomic E-state index is 11.1. The van der Waals surface area contributed by atoms with Gasteiger partial charge in [0.2, 0.25) is 5.82 Å². The van der Waals surface area contributed by atoms with Gasteiger partial charge in [-0.05, 0) is 19.5 Å². The minimum atomic E-state index is -0.403. The normalized spacial score (nSPS) is 19.9. The largest absolute Gasteiger partial charge is 0.348 e. The van der Waals surface area contributed by atoms with Crippen LogP contribution in [-0.2, 0) is 0 Å². The summed E-state index contributed by atoms with van der Waals surface area (Å²) in [6.45, 7) is 7.53. The molecule has 1 aromatic heterocycles. The third kappa shape index (κ3) is 2.81. The predicted molar refractivity (Wildman–Crippen MR) is 77.6 cm³/mol. The molecule has 8 nitrogen and oxygen atoms in total. The molecule has 1 unspecified atom stereocenters. The van der Waals surface area contributed by atoms with Crippen molar-refractivity contribution in [1.29, 1.82) is 0 Å². The first-order chi connectivity index (χ1) is 9.56. The summed E-state index contributed by atoms with van der Waals surface area (Å²) in [4.78, 5) is 19.3. The van der Waals surface area contributed by atoms with Gasteiger partial charge in [-0.2, -0.15) is 0 Å². The number of nitrogens with zero attached hydrogens (tertiary/aromatic N) is 4. The van der Waals surface area contributed by atoms with Gasteiger partial charge in [-0.25, -0.2) is 10.8 Å². The Hall–Kier alpha value is -1.93. The van der Waals surface area contributed by atoms with Gasteiger partial charge in [-0.1, -0.05) is 6.92 Å². The highest BCUT2D eigenvalue weighted by atomic mass is 16.6. The minimum Gasteiger partial charge on any atom is -0.348 e. The molecule has 0 aliphatic carbocycles. The fraction of sp³-hybridized carbons (Fsp3) is 0.583. The van der Waals surface area contributed by atoms with Crippen LogP contribution in [0.4, 0.5) is 17.3 Å². The van der Waals surface area contributed by atoms with Crippen molar-refractivity contribution in [3.05, 3.63) is 22.2 Å². The summed E-state index contributed by atoms with van der Waals surface area (Å²) < 4.78 is 0. The van der Waals surface area contributed by atoms with Gasteiger partial charge >= 0.3 is 5.69 Å². The zero-order valence-electron chi connectivity index (χ0n) is 11.7. The second-order valence-electron chi connectivity index (χ2n) is 4.86. The van der Waals surface area contributed by atoms with Crippen LogP contribution in [0.2, 0.25) is 0 Å². The Morgan fingerprint density at radius 2 is 2.30 bits per heavy atom. The van der Waals surface area contributed by atoms with E-state index < -0.39 is 4.92 Å². The van der Waals surface area contributed by atoms with E-state index >= 15 is 0 Å². The number of nitrogens with one attached hydrogen (secondary N) is 1. The molecule has 110 valence electrons. The van der Waals surface area contributed by atoms with E-state index in [1.165, 1.54) is 12.1 Å². The molecular formula is C12H20N6O2. The van der Waals surface area contributed by atoms with E-state index in [1.807, 2.05) is 4.90 Å². The summed E-state index contributed by atoms with van der Waals surface area (Å²) in [5.74, 6) is 6.15. The van der Waals surface area contributed by atoms with E-state index in [0.29, 0.717) is 17.7 Å². The van der Waals surface area contributed by atoms with Crippen molar-refractivity contribution < 1.29 is 4.92 Å². The topological polar surface area (TPSA) is 101 Å². The molecule has 0 radical (unpaired) electrons. The molecule has 2 rings (SSSR count). The number of hydrogen-bond donors (Lipinski definition) is 2. The Labute approximate surface area is 117 Å². The van der Waals surface area contributed by atoms with Gasteiger partial charge in [-0.15, -0.1) is 0 Å². The number of hydrazine groups is 1. The highest BCUT2D eigenvalue weighted by molar-refractivity contribution is 5.62. The summed E-state index contributed by atoms with van der Waals surface area (Å²) in [6.07, 6.45) is 0. The second kappa shape index (κ2) is 6.02. The standard InChI is InChI=1S/C12H20N6O2/c1-3-16-6-7-17(8-9(16)2)12-10(18(19)20)4-5-11(14-12)15-13/h4-5,9H,3,6-8,13H2,1-2H3,(H,14,15). The van der Waals surface area contributed by atoms with Gasteiger partial charge in [0.25, 0.3) is 0 Å². The first-order valence-corrected chi connectivity index (χ1v) is 6.67. The van der Waals surface area contributed by atoms with E-state index in [9.17, 15) is 10.1 Å². The summed E-state index contributed by atoms with van der Waals surface area (Å²) in [6, 6.07) is 3.28. The Kier molecular flexibility index (Phi) is 4.35. The molecule has 2 heterocycles. The van der Waals surface area contributed by atoms with Gasteiger partial charge in [0, 0.05) is 31.7 Å². The van der Waals surface area contributed by atoms with E-state index in [1.54, 1.807) is 0 Å². The van der Waals surface area contributed by atoms with Gasteiger partial charge in [0.1, 0.15) is 5.82 Å². The number of aromatic nitrogens is 1. The number of nitrogen functional groups attached to an aromatic ring is 1. The zero-order chi connectivity index (χ0) is 14.7. The fourth-order valence-electron chi connectivity index (χ4n) is 2.55. The lowest BCUT2D eigenvalue weighted by molar-refractivity contribution is -0.384. The van der Waals surface area contributed by atoms with Crippen LogP contribution in [0, 0.1) is 10.1 Å². The van der Waals surface area contributed by atoms with Crippen molar-refractivity contribution in [2.24, 2.45) is 5.84 Å². The number of rotatable bonds is 4. The summed E-state index contributed by atoms with van der Waals surface area (Å²) in [5, 5.41) is 11.1. The lowest BCUT2D eigenvalue weighted by Crippen LogP contribution is -2.52. The van der Waals surface area contributed by atoms with E-state index in [4.69, 9.17) is 5.84 Å². The van der Waals surface area contributed by atoms with E-state index in [-0.39, 0.29) is 5.69 Å². The molecule has 1 aliphatic heterocycles. The highest BCUT2D eigenvalue weighted by Gasteiger charge is 2.28. The van der Waals surface area contributed by atoms with Crippen molar-refractivity contribution in [2.75, 3.05) is 36.5 Å². The second-order valence-corrected chi connectivity index (χ2v) is 4.86. The van der Waals surface area contributed by atoms with Crippen LogP contribution in [0.25, 0.3) is 0 Å². The van der Waals surface area contributed by atoms with Crippen LogP contribution in [0.5, 0.6) is 0 Å². The SMILES string of the molecule is CCN1CCN(c2nc(NN)ccc2[N+](=O)[O-])CC1C. The van der Waals surface area contributed by atoms with Crippen molar-refractivity contribution in [3.63, 3.8) is 0 Å². The van der Waals surface area contributed by atoms with Crippen LogP contribution < -0.4 is 16.2 Å². The molecular weight excluding hydrogens is 260 g/mol. The predicted octanol–water partition coefficient (Wildman–Crippen LogP) is 0.806. The van der Waals surface area contributed by atoms with Gasteiger partial charge in [0.05, 0.1) is 4.92 Å². The molecule has 1 aliphatic rings.